The average Bonchev–Trinajstić information content (AvgIpc) is 3.35. The molecular weight excluding hydrogens is 515 g/mol. The number of rotatable bonds is 11. The number of thiophene rings is 1. The third kappa shape index (κ3) is 8.08. The maximum Gasteiger partial charge on any atom is 0.416 e. The van der Waals surface area contributed by atoms with Crippen LogP contribution in [0.25, 0.3) is 11.1 Å². The van der Waals surface area contributed by atoms with Crippen molar-refractivity contribution >= 4 is 23.2 Å². The second-order valence-corrected chi connectivity index (χ2v) is 10.5. The van der Waals surface area contributed by atoms with Crippen molar-refractivity contribution in [2.75, 3.05) is 20.3 Å². The van der Waals surface area contributed by atoms with Crippen LogP contribution in [0.1, 0.15) is 51.0 Å². The largest absolute Gasteiger partial charge is 0.493 e. The van der Waals surface area contributed by atoms with Gasteiger partial charge in [0.1, 0.15) is 5.75 Å². The summed E-state index contributed by atoms with van der Waals surface area (Å²) < 4.78 is 49.3. The topological polar surface area (TPSA) is 64.6 Å². The number of alkyl halides is 3. The highest BCUT2D eigenvalue weighted by molar-refractivity contribution is 7.14. The number of carbonyl (C=O) groups is 2. The van der Waals surface area contributed by atoms with Crippen LogP contribution >= 0.6 is 11.3 Å². The Morgan fingerprint density at radius 2 is 1.68 bits per heavy atom. The van der Waals surface area contributed by atoms with Crippen LogP contribution in [0.3, 0.4) is 0 Å². The number of nitrogens with one attached hydrogen (secondary N) is 1. The highest BCUT2D eigenvalue weighted by Gasteiger charge is 2.30. The van der Waals surface area contributed by atoms with Crippen LogP contribution in [-0.4, -0.2) is 32.1 Å². The number of hydrogen-bond acceptors (Lipinski definition) is 5. The highest BCUT2D eigenvalue weighted by Crippen LogP contribution is 2.34. The molecular formula is C29H32F3NO4S. The second-order valence-electron chi connectivity index (χ2n) is 9.31. The number of halogens is 3. The summed E-state index contributed by atoms with van der Waals surface area (Å²) in [5, 5.41) is 2.72. The lowest BCUT2D eigenvalue weighted by Crippen LogP contribution is -2.25. The SMILES string of the molecule is COC(=O)CCNC(=O)c1ccc(CCC(C)COc2cc(C)c(-c3ccc(C(F)(F)F)cc3)c(C)c2)s1. The van der Waals surface area contributed by atoms with Gasteiger partial charge in [0.15, 0.2) is 0 Å². The molecule has 0 fully saturated rings. The minimum absolute atomic E-state index is 0.134. The number of esters is 1. The Labute approximate surface area is 225 Å². The number of methoxy groups -OCH3 is 1. The first-order chi connectivity index (χ1) is 18.0. The van der Waals surface area contributed by atoms with Gasteiger partial charge in [-0.2, -0.15) is 13.2 Å². The fraction of sp³-hybridized carbons (Fsp3) is 0.379. The molecule has 1 N–H and O–H groups in total. The Morgan fingerprint density at radius 3 is 2.29 bits per heavy atom. The molecule has 5 nitrogen and oxygen atoms in total. The predicted octanol–water partition coefficient (Wildman–Crippen LogP) is 6.99. The van der Waals surface area contributed by atoms with Gasteiger partial charge in [-0.25, -0.2) is 0 Å². The van der Waals surface area contributed by atoms with Gasteiger partial charge in [0.2, 0.25) is 0 Å². The Balaban J connectivity index is 1.50. The smallest absolute Gasteiger partial charge is 0.416 e. The van der Waals surface area contributed by atoms with Gasteiger partial charge in [0.05, 0.1) is 30.6 Å². The van der Waals surface area contributed by atoms with E-state index in [9.17, 15) is 22.8 Å². The van der Waals surface area contributed by atoms with Crippen LogP contribution in [0.4, 0.5) is 13.2 Å². The molecule has 0 aliphatic rings. The predicted molar refractivity (Wildman–Crippen MR) is 143 cm³/mol. The van der Waals surface area contributed by atoms with Crippen LogP contribution in [0, 0.1) is 19.8 Å². The number of amides is 1. The van der Waals surface area contributed by atoms with Crippen LogP contribution < -0.4 is 10.1 Å². The molecule has 2 aromatic carbocycles. The van der Waals surface area contributed by atoms with Crippen molar-refractivity contribution in [1.82, 2.24) is 5.32 Å². The molecule has 0 aliphatic heterocycles. The molecule has 3 rings (SSSR count). The van der Waals surface area contributed by atoms with Gasteiger partial charge < -0.3 is 14.8 Å². The Hall–Kier alpha value is -3.33. The van der Waals surface area contributed by atoms with Crippen molar-refractivity contribution in [3.05, 3.63) is 75.0 Å². The quantitative estimate of drug-likeness (QED) is 0.263. The normalized spacial score (nSPS) is 12.2. The molecule has 3 aromatic rings. The summed E-state index contributed by atoms with van der Waals surface area (Å²) in [6.45, 7) is 6.71. The molecule has 0 saturated carbocycles. The number of carbonyl (C=O) groups excluding carboxylic acids is 2. The number of ether oxygens (including phenoxy) is 2. The summed E-state index contributed by atoms with van der Waals surface area (Å²) in [6, 6.07) is 12.8. The van der Waals surface area contributed by atoms with E-state index >= 15 is 0 Å². The molecule has 1 atom stereocenters. The van der Waals surface area contributed by atoms with Crippen LogP contribution in [0.15, 0.2) is 48.5 Å². The van der Waals surface area contributed by atoms with E-state index in [2.05, 4.69) is 17.0 Å². The summed E-state index contributed by atoms with van der Waals surface area (Å²) in [6.07, 6.45) is -2.53. The maximum atomic E-state index is 12.9. The summed E-state index contributed by atoms with van der Waals surface area (Å²) >= 11 is 1.44. The monoisotopic (exact) mass is 547 g/mol. The summed E-state index contributed by atoms with van der Waals surface area (Å²) in [7, 11) is 1.31. The van der Waals surface area contributed by atoms with Crippen molar-refractivity contribution in [1.29, 1.82) is 0 Å². The third-order valence-electron chi connectivity index (χ3n) is 6.15. The molecule has 1 unspecified atom stereocenters. The lowest BCUT2D eigenvalue weighted by Gasteiger charge is -2.17. The molecule has 0 bridgehead atoms. The van der Waals surface area contributed by atoms with Gasteiger partial charge in [-0.15, -0.1) is 11.3 Å². The molecule has 0 aliphatic carbocycles. The van der Waals surface area contributed by atoms with E-state index in [1.807, 2.05) is 32.0 Å². The fourth-order valence-electron chi connectivity index (χ4n) is 4.10. The van der Waals surface area contributed by atoms with Gasteiger partial charge >= 0.3 is 12.1 Å². The van der Waals surface area contributed by atoms with Crippen LogP contribution in [0.5, 0.6) is 5.75 Å². The van der Waals surface area contributed by atoms with E-state index in [0.29, 0.717) is 11.5 Å². The minimum atomic E-state index is -4.36. The van der Waals surface area contributed by atoms with Crippen molar-refractivity contribution in [3.63, 3.8) is 0 Å². The molecule has 1 aromatic heterocycles. The van der Waals surface area contributed by atoms with Crippen LogP contribution in [-0.2, 0) is 22.1 Å². The van der Waals surface area contributed by atoms with Crippen LogP contribution in [0.2, 0.25) is 0 Å². The number of hydrogen-bond donors (Lipinski definition) is 1. The molecule has 0 spiro atoms. The first-order valence-electron chi connectivity index (χ1n) is 12.3. The first kappa shape index (κ1) is 29.2. The van der Waals surface area contributed by atoms with Crippen molar-refractivity contribution in [2.45, 2.75) is 46.2 Å². The van der Waals surface area contributed by atoms with E-state index < -0.39 is 11.7 Å². The van der Waals surface area contributed by atoms with Gasteiger partial charge in [0, 0.05) is 11.4 Å². The zero-order valence-electron chi connectivity index (χ0n) is 21.9. The zero-order valence-corrected chi connectivity index (χ0v) is 22.7. The van der Waals surface area contributed by atoms with E-state index in [4.69, 9.17) is 4.74 Å². The third-order valence-corrected chi connectivity index (χ3v) is 7.30. The molecule has 0 saturated heterocycles. The Morgan fingerprint density at radius 1 is 1.03 bits per heavy atom. The summed E-state index contributed by atoms with van der Waals surface area (Å²) in [5.74, 6) is 0.426. The maximum absolute atomic E-state index is 12.9. The number of benzene rings is 2. The number of aryl methyl sites for hydroxylation is 3. The van der Waals surface area contributed by atoms with Crippen molar-refractivity contribution in [3.8, 4) is 16.9 Å². The lowest BCUT2D eigenvalue weighted by molar-refractivity contribution is -0.140. The molecule has 1 heterocycles. The van der Waals surface area contributed by atoms with E-state index in [0.717, 1.165) is 57.9 Å². The lowest BCUT2D eigenvalue weighted by atomic mass is 9.94. The Kier molecular flexibility index (Phi) is 9.96. The summed E-state index contributed by atoms with van der Waals surface area (Å²) in [5.41, 5.74) is 2.84. The van der Waals surface area contributed by atoms with Gasteiger partial charge in [-0.3, -0.25) is 9.59 Å². The standard InChI is InChI=1S/C29H32F3NO4S/c1-18(5-10-24-11-12-25(38-24)28(35)33-14-13-26(34)36-4)17-37-23-15-19(2)27(20(3)16-23)21-6-8-22(9-7-21)29(30,31)32/h6-9,11-12,15-16,18H,5,10,13-14,17H2,1-4H3,(H,33,35). The van der Waals surface area contributed by atoms with E-state index in [1.54, 1.807) is 6.07 Å². The Bertz CT molecular complexity index is 1230. The zero-order chi connectivity index (χ0) is 27.9. The van der Waals surface area contributed by atoms with Gasteiger partial charge in [-0.05, 0) is 91.3 Å². The molecule has 38 heavy (non-hydrogen) atoms. The van der Waals surface area contributed by atoms with Crippen molar-refractivity contribution < 1.29 is 32.2 Å². The van der Waals surface area contributed by atoms with Crippen molar-refractivity contribution in [2.24, 2.45) is 5.92 Å². The first-order valence-corrected chi connectivity index (χ1v) is 13.1. The van der Waals surface area contributed by atoms with E-state index in [-0.39, 0.29) is 30.8 Å². The average molecular weight is 548 g/mol. The van der Waals surface area contributed by atoms with Gasteiger partial charge in [0.25, 0.3) is 5.91 Å². The minimum Gasteiger partial charge on any atom is -0.493 e. The fourth-order valence-corrected chi connectivity index (χ4v) is 5.04. The molecule has 1 amide bonds. The summed E-state index contributed by atoms with van der Waals surface area (Å²) in [4.78, 5) is 25.1. The van der Waals surface area contributed by atoms with Gasteiger partial charge in [-0.1, -0.05) is 19.1 Å². The molecule has 9 heteroatoms. The second kappa shape index (κ2) is 13.0. The highest BCUT2D eigenvalue weighted by atomic mass is 32.1. The molecule has 204 valence electrons. The van der Waals surface area contributed by atoms with E-state index in [1.165, 1.54) is 30.6 Å². The molecule has 0 radical (unpaired) electrons.